The molecule has 152 valence electrons. The van der Waals surface area contributed by atoms with Crippen molar-refractivity contribution >= 4 is 35.2 Å². The van der Waals surface area contributed by atoms with Crippen molar-refractivity contribution in [3.8, 4) is 16.2 Å². The van der Waals surface area contributed by atoms with Gasteiger partial charge in [-0.25, -0.2) is 14.7 Å². The molecule has 0 aliphatic carbocycles. The van der Waals surface area contributed by atoms with E-state index in [4.69, 9.17) is 4.74 Å². The SMILES string of the molecule is COc1ccc(-c2cc3c(s2)C(=O)[NH+](CC(=O)N2CC(C)CC(C)C2)C=N3)cc1. The van der Waals surface area contributed by atoms with Gasteiger partial charge in [-0.15, -0.1) is 11.3 Å². The fourth-order valence-corrected chi connectivity index (χ4v) is 5.24. The second kappa shape index (κ2) is 8.08. The minimum atomic E-state index is -0.0776. The van der Waals surface area contributed by atoms with Crippen molar-refractivity contribution in [3.63, 3.8) is 0 Å². The number of aliphatic imine (C=N–C) groups is 1. The van der Waals surface area contributed by atoms with Gasteiger partial charge in [0.25, 0.3) is 5.91 Å². The summed E-state index contributed by atoms with van der Waals surface area (Å²) in [5.74, 6) is 1.73. The van der Waals surface area contributed by atoms with E-state index in [0.29, 0.717) is 27.3 Å². The lowest BCUT2D eigenvalue weighted by molar-refractivity contribution is -0.695. The van der Waals surface area contributed by atoms with Gasteiger partial charge in [-0.05, 0) is 54.2 Å². The van der Waals surface area contributed by atoms with Gasteiger partial charge < -0.3 is 9.64 Å². The molecule has 6 nitrogen and oxygen atoms in total. The molecule has 2 aliphatic heterocycles. The first-order valence-corrected chi connectivity index (χ1v) is 10.8. The van der Waals surface area contributed by atoms with Gasteiger partial charge >= 0.3 is 5.91 Å². The number of thiophene rings is 1. The maximum Gasteiger partial charge on any atom is 0.362 e. The average molecular weight is 413 g/mol. The van der Waals surface area contributed by atoms with Gasteiger partial charge in [0.15, 0.2) is 17.8 Å². The zero-order valence-corrected chi connectivity index (χ0v) is 17.8. The van der Waals surface area contributed by atoms with Crippen LogP contribution in [0.5, 0.6) is 5.75 Å². The predicted molar refractivity (Wildman–Crippen MR) is 114 cm³/mol. The molecule has 1 N–H and O–H groups in total. The summed E-state index contributed by atoms with van der Waals surface area (Å²) >= 11 is 1.43. The molecule has 2 aromatic rings. The summed E-state index contributed by atoms with van der Waals surface area (Å²) in [7, 11) is 1.64. The van der Waals surface area contributed by atoms with Crippen LogP contribution in [0.3, 0.4) is 0 Å². The van der Waals surface area contributed by atoms with Gasteiger partial charge in [0.2, 0.25) is 0 Å². The molecule has 3 heterocycles. The Bertz CT molecular complexity index is 941. The minimum Gasteiger partial charge on any atom is -0.497 e. The van der Waals surface area contributed by atoms with E-state index < -0.39 is 0 Å². The lowest BCUT2D eigenvalue weighted by Crippen LogP contribution is -3.15. The Hall–Kier alpha value is -2.51. The number of ether oxygens (including phenoxy) is 1. The van der Waals surface area contributed by atoms with E-state index in [1.54, 1.807) is 13.4 Å². The number of carbonyl (C=O) groups excluding carboxylic acids is 2. The zero-order chi connectivity index (χ0) is 20.5. The van der Waals surface area contributed by atoms with Crippen LogP contribution in [0, 0.1) is 11.8 Å². The number of amides is 2. The van der Waals surface area contributed by atoms with E-state index in [1.165, 1.54) is 11.3 Å². The number of likely N-dealkylation sites (tertiary alicyclic amines) is 1. The molecule has 3 atom stereocenters. The van der Waals surface area contributed by atoms with Crippen LogP contribution in [0.1, 0.15) is 29.9 Å². The van der Waals surface area contributed by atoms with Crippen LogP contribution in [0.15, 0.2) is 35.3 Å². The molecule has 3 unspecified atom stereocenters. The number of carbonyl (C=O) groups is 2. The molecule has 29 heavy (non-hydrogen) atoms. The molecule has 7 heteroatoms. The Morgan fingerprint density at radius 1 is 1.24 bits per heavy atom. The highest BCUT2D eigenvalue weighted by molar-refractivity contribution is 7.18. The van der Waals surface area contributed by atoms with Gasteiger partial charge in [-0.2, -0.15) is 0 Å². The van der Waals surface area contributed by atoms with Crippen LogP contribution in [-0.2, 0) is 4.79 Å². The highest BCUT2D eigenvalue weighted by Crippen LogP contribution is 2.37. The molecule has 4 rings (SSSR count). The molecule has 2 amide bonds. The highest BCUT2D eigenvalue weighted by atomic mass is 32.1. The molecule has 0 saturated carbocycles. The Morgan fingerprint density at radius 3 is 2.59 bits per heavy atom. The third kappa shape index (κ3) is 4.11. The van der Waals surface area contributed by atoms with Gasteiger partial charge in [-0.3, -0.25) is 4.79 Å². The van der Waals surface area contributed by atoms with Gasteiger partial charge in [0.05, 0.1) is 12.8 Å². The summed E-state index contributed by atoms with van der Waals surface area (Å²) in [6, 6.07) is 9.67. The number of piperidine rings is 1. The molecule has 1 aromatic carbocycles. The summed E-state index contributed by atoms with van der Waals surface area (Å²) in [4.78, 5) is 34.2. The first-order valence-electron chi connectivity index (χ1n) is 9.95. The molecule has 0 spiro atoms. The van der Waals surface area contributed by atoms with Crippen molar-refractivity contribution < 1.29 is 19.2 Å². The Morgan fingerprint density at radius 2 is 1.93 bits per heavy atom. The number of rotatable bonds is 4. The van der Waals surface area contributed by atoms with Gasteiger partial charge in [-0.1, -0.05) is 13.8 Å². The summed E-state index contributed by atoms with van der Waals surface area (Å²) in [6.07, 6.45) is 2.72. The van der Waals surface area contributed by atoms with Crippen molar-refractivity contribution in [1.29, 1.82) is 0 Å². The average Bonchev–Trinajstić information content (AvgIpc) is 3.14. The third-order valence-electron chi connectivity index (χ3n) is 5.51. The van der Waals surface area contributed by atoms with E-state index in [0.717, 1.165) is 35.7 Å². The summed E-state index contributed by atoms with van der Waals surface area (Å²) in [5, 5.41) is 0. The molecule has 2 aliphatic rings. The Labute approximate surface area is 174 Å². The van der Waals surface area contributed by atoms with E-state index in [9.17, 15) is 9.59 Å². The van der Waals surface area contributed by atoms with Crippen molar-refractivity contribution in [2.24, 2.45) is 16.8 Å². The largest absolute Gasteiger partial charge is 0.497 e. The number of nitrogens with one attached hydrogen (secondary N) is 1. The fraction of sp³-hybridized carbons (Fsp3) is 0.409. The van der Waals surface area contributed by atoms with Gasteiger partial charge in [0, 0.05) is 18.0 Å². The van der Waals surface area contributed by atoms with Crippen molar-refractivity contribution in [1.82, 2.24) is 4.90 Å². The number of nitrogens with zero attached hydrogens (tertiary/aromatic N) is 2. The van der Waals surface area contributed by atoms with Crippen molar-refractivity contribution in [3.05, 3.63) is 35.2 Å². The fourth-order valence-electron chi connectivity index (χ4n) is 4.16. The second-order valence-electron chi connectivity index (χ2n) is 8.09. The normalized spacial score (nSPS) is 23.8. The Balaban J connectivity index is 1.48. The van der Waals surface area contributed by atoms with Crippen molar-refractivity contribution in [2.75, 3.05) is 26.7 Å². The monoisotopic (exact) mass is 412 g/mol. The van der Waals surface area contributed by atoms with Crippen LogP contribution in [0.2, 0.25) is 0 Å². The lowest BCUT2D eigenvalue weighted by atomic mass is 9.92. The maximum absolute atomic E-state index is 13.0. The van der Waals surface area contributed by atoms with Crippen LogP contribution < -0.4 is 9.64 Å². The number of quaternary nitrogens is 1. The number of fused-ring (bicyclic) bond motifs is 1. The zero-order valence-electron chi connectivity index (χ0n) is 17.0. The molecule has 0 radical (unpaired) electrons. The second-order valence-corrected chi connectivity index (χ2v) is 9.14. The standard InChI is InChI=1S/C22H25N3O3S/c1-14-8-15(2)11-24(10-14)20(26)12-25-13-23-18-9-19(29-21(18)22(25)27)16-4-6-17(28-3)7-5-16/h4-7,9,13-15H,8,10-12H2,1-3H3/p+1. The molecule has 1 aromatic heterocycles. The molecular weight excluding hydrogens is 386 g/mol. The number of hydrogen-bond donors (Lipinski definition) is 1. The number of methoxy groups -OCH3 is 1. The first kappa shape index (κ1) is 19.8. The predicted octanol–water partition coefficient (Wildman–Crippen LogP) is 2.63. The van der Waals surface area contributed by atoms with E-state index in [2.05, 4.69) is 18.8 Å². The molecule has 1 fully saturated rings. The van der Waals surface area contributed by atoms with Crippen molar-refractivity contribution in [2.45, 2.75) is 20.3 Å². The summed E-state index contributed by atoms with van der Waals surface area (Å²) < 4.78 is 5.20. The van der Waals surface area contributed by atoms with Crippen LogP contribution in [0.25, 0.3) is 10.4 Å². The smallest absolute Gasteiger partial charge is 0.362 e. The summed E-state index contributed by atoms with van der Waals surface area (Å²) in [5.41, 5.74) is 1.70. The molecular formula is C22H26N3O3S+. The molecule has 1 saturated heterocycles. The third-order valence-corrected chi connectivity index (χ3v) is 6.68. The lowest BCUT2D eigenvalue weighted by Gasteiger charge is -2.35. The minimum absolute atomic E-state index is 0.0218. The van der Waals surface area contributed by atoms with E-state index in [1.807, 2.05) is 35.2 Å². The van der Waals surface area contributed by atoms with Gasteiger partial charge in [0.1, 0.15) is 5.75 Å². The number of benzene rings is 1. The quantitative estimate of drug-likeness (QED) is 0.840. The van der Waals surface area contributed by atoms with Crippen LogP contribution in [-0.4, -0.2) is 49.8 Å². The summed E-state index contributed by atoms with van der Waals surface area (Å²) in [6.45, 7) is 6.02. The van der Waals surface area contributed by atoms with E-state index >= 15 is 0 Å². The molecule has 0 bridgehead atoms. The highest BCUT2D eigenvalue weighted by Gasteiger charge is 2.34. The number of hydrogen-bond acceptors (Lipinski definition) is 5. The van der Waals surface area contributed by atoms with Crippen LogP contribution in [0.4, 0.5) is 5.69 Å². The Kier molecular flexibility index (Phi) is 5.52. The van der Waals surface area contributed by atoms with E-state index in [-0.39, 0.29) is 18.4 Å². The maximum atomic E-state index is 13.0. The van der Waals surface area contributed by atoms with Crippen LogP contribution >= 0.6 is 11.3 Å². The topological polar surface area (TPSA) is 63.4 Å². The first-order chi connectivity index (χ1) is 13.9.